The van der Waals surface area contributed by atoms with Gasteiger partial charge in [0.25, 0.3) is 0 Å². The molecule has 0 bridgehead atoms. The largest absolute Gasteiger partial charge is 0.309 e. The molecule has 0 spiro atoms. The van der Waals surface area contributed by atoms with Crippen LogP contribution in [-0.4, -0.2) is 14.1 Å². The molecule has 2 aromatic heterocycles. The van der Waals surface area contributed by atoms with Gasteiger partial charge in [-0.2, -0.15) is 5.26 Å². The van der Waals surface area contributed by atoms with E-state index in [2.05, 4.69) is 114 Å². The maximum Gasteiger partial charge on any atom is 0.159 e. The van der Waals surface area contributed by atoms with Crippen LogP contribution in [0.2, 0.25) is 0 Å². The van der Waals surface area contributed by atoms with E-state index in [1.54, 1.807) is 0 Å². The number of aromatic nitrogens is 3. The topological polar surface area (TPSA) is 46.5 Å². The second-order valence-corrected chi connectivity index (χ2v) is 8.59. The monoisotopic (exact) mass is 438 g/mol. The zero-order valence-electron chi connectivity index (χ0n) is 19.0. The summed E-state index contributed by atoms with van der Waals surface area (Å²) in [7, 11) is 0. The zero-order valence-corrected chi connectivity index (χ0v) is 19.0. The summed E-state index contributed by atoms with van der Waals surface area (Å²) in [6.07, 6.45) is 1.84. The van der Waals surface area contributed by atoms with Gasteiger partial charge >= 0.3 is 0 Å². The first-order chi connectivity index (χ1) is 16.7. The predicted octanol–water partition coefficient (Wildman–Crippen LogP) is 7.12. The summed E-state index contributed by atoms with van der Waals surface area (Å²) in [5, 5.41) is 12.0. The van der Waals surface area contributed by atoms with Crippen molar-refractivity contribution in [2.75, 3.05) is 0 Å². The molecule has 0 radical (unpaired) electrons. The maximum atomic E-state index is 9.62. The van der Waals surface area contributed by atoms with Crippen LogP contribution in [0.15, 0.2) is 97.2 Å². The van der Waals surface area contributed by atoms with Gasteiger partial charge < -0.3 is 4.57 Å². The van der Waals surface area contributed by atoms with Gasteiger partial charge in [0.2, 0.25) is 0 Å². The zero-order chi connectivity index (χ0) is 23.2. The summed E-state index contributed by atoms with van der Waals surface area (Å²) in [6, 6.07) is 33.8. The van der Waals surface area contributed by atoms with Gasteiger partial charge in [0, 0.05) is 28.2 Å². The summed E-state index contributed by atoms with van der Waals surface area (Å²) in [6.45, 7) is 4.18. The van der Waals surface area contributed by atoms with E-state index < -0.39 is 0 Å². The molecule has 0 aliphatic carbocycles. The van der Waals surface area contributed by atoms with Crippen molar-refractivity contribution in [3.05, 3.63) is 114 Å². The SMILES string of the molecule is Cc1cccc(C)c1-n1cc(C#N)nc1-c1ccc2c(c1)c1ccccc1n2-c1ccccc1. The average Bonchev–Trinajstić information content (AvgIpc) is 3.43. The van der Waals surface area contributed by atoms with E-state index in [0.29, 0.717) is 5.69 Å². The van der Waals surface area contributed by atoms with Gasteiger partial charge in [-0.25, -0.2) is 4.98 Å². The van der Waals surface area contributed by atoms with Crippen LogP contribution in [0.1, 0.15) is 16.8 Å². The van der Waals surface area contributed by atoms with Gasteiger partial charge in [-0.1, -0.05) is 54.6 Å². The van der Waals surface area contributed by atoms with Gasteiger partial charge in [0.15, 0.2) is 5.69 Å². The molecule has 0 saturated carbocycles. The van der Waals surface area contributed by atoms with Gasteiger partial charge in [0.1, 0.15) is 11.9 Å². The van der Waals surface area contributed by atoms with Crippen LogP contribution in [0, 0.1) is 25.2 Å². The van der Waals surface area contributed by atoms with Crippen molar-refractivity contribution in [3.8, 4) is 28.8 Å². The fraction of sp³-hybridized carbons (Fsp3) is 0.0667. The Bertz CT molecular complexity index is 1710. The highest BCUT2D eigenvalue weighted by molar-refractivity contribution is 6.10. The molecular formula is C30H22N4. The van der Waals surface area contributed by atoms with E-state index >= 15 is 0 Å². The molecule has 6 rings (SSSR count). The molecule has 4 heteroatoms. The quantitative estimate of drug-likeness (QED) is 0.295. The molecule has 0 unspecified atom stereocenters. The fourth-order valence-electron chi connectivity index (χ4n) is 4.96. The van der Waals surface area contributed by atoms with Gasteiger partial charge in [-0.05, 0) is 61.4 Å². The number of para-hydroxylation sites is 3. The Labute approximate surface area is 198 Å². The minimum atomic E-state index is 0.407. The summed E-state index contributed by atoms with van der Waals surface area (Å²) < 4.78 is 4.36. The molecule has 0 aliphatic rings. The van der Waals surface area contributed by atoms with Crippen molar-refractivity contribution in [3.63, 3.8) is 0 Å². The van der Waals surface area contributed by atoms with E-state index in [9.17, 15) is 5.26 Å². The molecule has 0 fully saturated rings. The summed E-state index contributed by atoms with van der Waals surface area (Å²) >= 11 is 0. The van der Waals surface area contributed by atoms with Gasteiger partial charge in [-0.15, -0.1) is 0 Å². The van der Waals surface area contributed by atoms with Crippen LogP contribution in [0.25, 0.3) is 44.6 Å². The highest BCUT2D eigenvalue weighted by atomic mass is 15.1. The molecular weight excluding hydrogens is 416 g/mol. The second-order valence-electron chi connectivity index (χ2n) is 8.59. The van der Waals surface area contributed by atoms with E-state index in [1.807, 2.05) is 12.3 Å². The Morgan fingerprint density at radius 1 is 0.735 bits per heavy atom. The van der Waals surface area contributed by atoms with Crippen LogP contribution < -0.4 is 0 Å². The van der Waals surface area contributed by atoms with Crippen molar-refractivity contribution in [2.24, 2.45) is 0 Å². The third kappa shape index (κ3) is 3.02. The molecule has 162 valence electrons. The molecule has 34 heavy (non-hydrogen) atoms. The molecule has 0 N–H and O–H groups in total. The predicted molar refractivity (Wildman–Crippen MR) is 138 cm³/mol. The molecule has 0 aliphatic heterocycles. The van der Waals surface area contributed by atoms with Crippen molar-refractivity contribution < 1.29 is 0 Å². The summed E-state index contributed by atoms with van der Waals surface area (Å²) in [5.41, 5.74) is 8.17. The number of fused-ring (bicyclic) bond motifs is 3. The molecule has 4 nitrogen and oxygen atoms in total. The maximum absolute atomic E-state index is 9.62. The van der Waals surface area contributed by atoms with Crippen LogP contribution in [0.4, 0.5) is 0 Å². The van der Waals surface area contributed by atoms with Crippen molar-refractivity contribution >= 4 is 21.8 Å². The van der Waals surface area contributed by atoms with E-state index in [4.69, 9.17) is 4.98 Å². The molecule has 0 saturated heterocycles. The standard InChI is InChI=1S/C30H22N4/c1-20-9-8-10-21(2)29(20)33-19-23(18-31)32-30(33)22-15-16-28-26(17-22)25-13-6-7-14-27(25)34(28)24-11-4-3-5-12-24/h3-17,19H,1-2H3. The number of nitriles is 1. The molecule has 6 aromatic rings. The molecule has 4 aromatic carbocycles. The Morgan fingerprint density at radius 2 is 1.44 bits per heavy atom. The lowest BCUT2D eigenvalue weighted by Gasteiger charge is -2.14. The van der Waals surface area contributed by atoms with Crippen LogP contribution >= 0.6 is 0 Å². The lowest BCUT2D eigenvalue weighted by Crippen LogP contribution is -2.01. The first-order valence-electron chi connectivity index (χ1n) is 11.3. The molecule has 0 amide bonds. The van der Waals surface area contributed by atoms with Crippen molar-refractivity contribution in [1.82, 2.24) is 14.1 Å². The number of aryl methyl sites for hydroxylation is 2. The minimum absolute atomic E-state index is 0.407. The summed E-state index contributed by atoms with van der Waals surface area (Å²) in [4.78, 5) is 4.70. The first-order valence-corrected chi connectivity index (χ1v) is 11.3. The number of hydrogen-bond donors (Lipinski definition) is 0. The Morgan fingerprint density at radius 3 is 2.21 bits per heavy atom. The van der Waals surface area contributed by atoms with Gasteiger partial charge in [-0.3, -0.25) is 4.57 Å². The van der Waals surface area contributed by atoms with E-state index in [1.165, 1.54) is 5.39 Å². The summed E-state index contributed by atoms with van der Waals surface area (Å²) in [5.74, 6) is 0.771. The van der Waals surface area contributed by atoms with Crippen molar-refractivity contribution in [2.45, 2.75) is 13.8 Å². The second kappa shape index (κ2) is 7.75. The van der Waals surface area contributed by atoms with E-state index in [0.717, 1.165) is 50.3 Å². The smallest absolute Gasteiger partial charge is 0.159 e. The molecule has 2 heterocycles. The lowest BCUT2D eigenvalue weighted by molar-refractivity contribution is 1.03. The minimum Gasteiger partial charge on any atom is -0.309 e. The number of rotatable bonds is 3. The number of benzene rings is 4. The number of nitrogens with zero attached hydrogens (tertiary/aromatic N) is 4. The lowest BCUT2D eigenvalue weighted by atomic mass is 10.1. The highest BCUT2D eigenvalue weighted by Gasteiger charge is 2.18. The van der Waals surface area contributed by atoms with Crippen LogP contribution in [0.5, 0.6) is 0 Å². The number of hydrogen-bond acceptors (Lipinski definition) is 2. The fourth-order valence-corrected chi connectivity index (χ4v) is 4.96. The highest BCUT2D eigenvalue weighted by Crippen LogP contribution is 2.35. The van der Waals surface area contributed by atoms with Crippen LogP contribution in [-0.2, 0) is 0 Å². The van der Waals surface area contributed by atoms with Crippen LogP contribution in [0.3, 0.4) is 0 Å². The molecule has 0 atom stereocenters. The third-order valence-electron chi connectivity index (χ3n) is 6.45. The Hall–Kier alpha value is -4.62. The number of imidazole rings is 1. The third-order valence-corrected chi connectivity index (χ3v) is 6.45. The normalized spacial score (nSPS) is 11.2. The Balaban J connectivity index is 1.64. The first kappa shape index (κ1) is 20.0. The van der Waals surface area contributed by atoms with Crippen molar-refractivity contribution in [1.29, 1.82) is 5.26 Å². The van der Waals surface area contributed by atoms with Gasteiger partial charge in [0.05, 0.1) is 16.7 Å². The Kier molecular flexibility index (Phi) is 4.57. The van der Waals surface area contributed by atoms with E-state index in [-0.39, 0.29) is 0 Å². The average molecular weight is 439 g/mol.